The number of aromatic nitrogens is 4. The normalized spacial score (nSPS) is 19.5. The number of benzene rings is 2. The number of fused-ring (bicyclic) bond motifs is 4. The number of carboxylic acids is 1. The Hall–Kier alpha value is -5.55. The second-order valence-corrected chi connectivity index (χ2v) is 23.7. The molecule has 2 fully saturated rings. The standard InChI is InChI=1S/C31H35BrClN5O3.C25H26BrClN2O4/c1-31(2,3)41-30(40)38-13-9-21(17-26(38)29(39)35-10-4-12-37-14-11-34-19-37)27-25-8-7-24(33)16-20(25)5-6-22-15-23(32)18-36-28(22)27;1-25(2,3)33-24(32)29-9-8-15(12-20(29)23(30)31)21-19-7-6-18(27)11-14(19)4-5-16-10-17(26)13-28-22(16)21/h7-8,11,14-16,18-19,26H,4-6,9-10,12-13,17H2,1-3H3,(H,35,39);6-7,10-11,13,20H,4-5,8-9,12H2,1-3H3,(H,30,31)/b27-21+;21-15+. The van der Waals surface area contributed by atoms with Crippen LogP contribution in [0.2, 0.25) is 10.0 Å². The molecule has 18 heteroatoms. The summed E-state index contributed by atoms with van der Waals surface area (Å²) < 4.78 is 15.0. The van der Waals surface area contributed by atoms with E-state index >= 15 is 0 Å². The topological polar surface area (TPSA) is 169 Å². The molecule has 4 aliphatic rings. The van der Waals surface area contributed by atoms with E-state index in [0.29, 0.717) is 42.4 Å². The summed E-state index contributed by atoms with van der Waals surface area (Å²) >= 11 is 19.8. The Labute approximate surface area is 459 Å². The van der Waals surface area contributed by atoms with E-state index in [-0.39, 0.29) is 18.9 Å². The number of carbonyl (C=O) groups is 4. The van der Waals surface area contributed by atoms with Crippen molar-refractivity contribution in [2.24, 2.45) is 0 Å². The molecule has 5 aromatic rings. The smallest absolute Gasteiger partial charge is 0.411 e. The number of piperidine rings is 2. The molecule has 9 rings (SSSR count). The predicted octanol–water partition coefficient (Wildman–Crippen LogP) is 12.1. The van der Waals surface area contributed by atoms with Crippen molar-refractivity contribution in [2.75, 3.05) is 19.6 Å². The summed E-state index contributed by atoms with van der Waals surface area (Å²) in [6, 6.07) is 14.3. The molecule has 2 aliphatic heterocycles. The molecule has 2 N–H and O–H groups in total. The van der Waals surface area contributed by atoms with Gasteiger partial charge in [0.15, 0.2) is 0 Å². The molecule has 74 heavy (non-hydrogen) atoms. The Morgan fingerprint density at radius 3 is 1.62 bits per heavy atom. The van der Waals surface area contributed by atoms with Crippen LogP contribution in [0, 0.1) is 0 Å². The van der Waals surface area contributed by atoms with Crippen LogP contribution in [0.4, 0.5) is 9.59 Å². The van der Waals surface area contributed by atoms with E-state index in [1.165, 1.54) is 4.90 Å². The highest BCUT2D eigenvalue weighted by molar-refractivity contribution is 9.10. The molecule has 0 radical (unpaired) electrons. The largest absolute Gasteiger partial charge is 0.480 e. The zero-order chi connectivity index (χ0) is 53.1. The van der Waals surface area contributed by atoms with Gasteiger partial charge < -0.3 is 24.5 Å². The van der Waals surface area contributed by atoms with Crippen LogP contribution in [0.15, 0.2) is 99.7 Å². The number of pyridine rings is 2. The summed E-state index contributed by atoms with van der Waals surface area (Å²) in [5.41, 5.74) is 11.1. The Morgan fingerprint density at radius 1 is 0.689 bits per heavy atom. The van der Waals surface area contributed by atoms with Gasteiger partial charge in [-0.25, -0.2) is 19.4 Å². The minimum atomic E-state index is -1.05. The molecule has 3 aromatic heterocycles. The molecule has 2 atom stereocenters. The zero-order valence-electron chi connectivity index (χ0n) is 42.4. The van der Waals surface area contributed by atoms with Gasteiger partial charge in [0.2, 0.25) is 5.91 Å². The molecule has 14 nitrogen and oxygen atoms in total. The van der Waals surface area contributed by atoms with Gasteiger partial charge in [0.05, 0.1) is 17.7 Å². The van der Waals surface area contributed by atoms with E-state index in [4.69, 9.17) is 42.6 Å². The number of hydrogen-bond donors (Lipinski definition) is 2. The molecular weight excluding hydrogens is 1110 g/mol. The van der Waals surface area contributed by atoms with Crippen molar-refractivity contribution in [1.29, 1.82) is 0 Å². The number of nitrogens with zero attached hydrogens (tertiary/aromatic N) is 6. The maximum atomic E-state index is 13.7. The number of amides is 3. The van der Waals surface area contributed by atoms with Gasteiger partial charge in [-0.05, 0) is 195 Å². The van der Waals surface area contributed by atoms with Gasteiger partial charge in [0.1, 0.15) is 23.3 Å². The van der Waals surface area contributed by atoms with Crippen LogP contribution < -0.4 is 5.32 Å². The van der Waals surface area contributed by atoms with E-state index in [2.05, 4.69) is 60.4 Å². The summed E-state index contributed by atoms with van der Waals surface area (Å²) in [7, 11) is 0. The fourth-order valence-electron chi connectivity index (χ4n) is 10.0. The maximum absolute atomic E-state index is 13.7. The van der Waals surface area contributed by atoms with Crippen LogP contribution in [-0.2, 0) is 51.3 Å². The number of hydrogen-bond acceptors (Lipinski definition) is 9. The molecule has 2 aliphatic carbocycles. The number of aliphatic carboxylic acids is 1. The highest BCUT2D eigenvalue weighted by atomic mass is 79.9. The fourth-order valence-corrected chi connectivity index (χ4v) is 11.2. The third-order valence-electron chi connectivity index (χ3n) is 13.3. The molecule has 2 saturated heterocycles. The SMILES string of the molecule is CC(C)(C)OC(=O)N1CC/C(=C2/c3ccc(Cl)cc3CCc3cc(Br)cnc32)CC1C(=O)NCCCn1ccnc1.CC(C)(C)OC(=O)N1CC/C(=C2/c3ccc(Cl)cc3CCc3cc(Br)cnc32)CC1C(=O)O. The number of rotatable bonds is 6. The number of imidazole rings is 1. The first-order chi connectivity index (χ1) is 35.1. The third-order valence-corrected chi connectivity index (χ3v) is 14.6. The average molecular weight is 1170 g/mol. The Balaban J connectivity index is 0.000000202. The lowest BCUT2D eigenvalue weighted by atomic mass is 9.86. The van der Waals surface area contributed by atoms with Crippen LogP contribution >= 0.6 is 55.1 Å². The van der Waals surface area contributed by atoms with Crippen molar-refractivity contribution in [1.82, 2.24) is 34.6 Å². The highest BCUT2D eigenvalue weighted by Gasteiger charge is 2.40. The van der Waals surface area contributed by atoms with Crippen LogP contribution in [0.3, 0.4) is 0 Å². The molecule has 2 unspecified atom stereocenters. The Morgan fingerprint density at radius 2 is 1.16 bits per heavy atom. The number of likely N-dealkylation sites (tertiary alicyclic amines) is 2. The highest BCUT2D eigenvalue weighted by Crippen LogP contribution is 2.42. The van der Waals surface area contributed by atoms with E-state index < -0.39 is 41.4 Å². The van der Waals surface area contributed by atoms with Crippen molar-refractivity contribution >= 4 is 90.3 Å². The minimum absolute atomic E-state index is 0.187. The van der Waals surface area contributed by atoms with Gasteiger partial charge in [-0.1, -0.05) is 46.5 Å². The van der Waals surface area contributed by atoms with E-state index in [0.717, 1.165) is 115 Å². The number of aryl methyl sites for hydroxylation is 5. The summed E-state index contributed by atoms with van der Waals surface area (Å²) in [6.07, 6.45) is 13.7. The number of halogens is 4. The lowest BCUT2D eigenvalue weighted by Gasteiger charge is -2.37. The molecule has 2 aromatic carbocycles. The summed E-state index contributed by atoms with van der Waals surface area (Å²) in [6.45, 7) is 12.7. The van der Waals surface area contributed by atoms with Gasteiger partial charge in [-0.3, -0.25) is 24.6 Å². The Bertz CT molecular complexity index is 2910. The quantitative estimate of drug-likeness (QED) is 0.156. The van der Waals surface area contributed by atoms with Crippen LogP contribution in [0.5, 0.6) is 0 Å². The van der Waals surface area contributed by atoms with Crippen molar-refractivity contribution in [3.63, 3.8) is 0 Å². The zero-order valence-corrected chi connectivity index (χ0v) is 47.1. The van der Waals surface area contributed by atoms with Gasteiger partial charge in [0, 0.05) is 87.5 Å². The summed E-state index contributed by atoms with van der Waals surface area (Å²) in [4.78, 5) is 68.5. The van der Waals surface area contributed by atoms with Crippen LogP contribution in [0.25, 0.3) is 11.1 Å². The second-order valence-electron chi connectivity index (χ2n) is 21.0. The van der Waals surface area contributed by atoms with Gasteiger partial charge in [0.25, 0.3) is 0 Å². The van der Waals surface area contributed by atoms with Crippen LogP contribution in [-0.4, -0.2) is 101 Å². The number of carbonyl (C=O) groups excluding carboxylic acids is 3. The van der Waals surface area contributed by atoms with Gasteiger partial charge in [-0.2, -0.15) is 0 Å². The first-order valence-corrected chi connectivity index (χ1v) is 27.2. The van der Waals surface area contributed by atoms with Gasteiger partial charge >= 0.3 is 18.2 Å². The number of carboxylic acid groups (broad SMARTS) is 1. The lowest BCUT2D eigenvalue weighted by molar-refractivity contribution is -0.143. The maximum Gasteiger partial charge on any atom is 0.411 e. The number of nitrogens with one attached hydrogen (secondary N) is 1. The van der Waals surface area contributed by atoms with Crippen molar-refractivity contribution in [3.05, 3.63) is 155 Å². The molecule has 0 bridgehead atoms. The van der Waals surface area contributed by atoms with Crippen molar-refractivity contribution in [2.45, 2.75) is 129 Å². The van der Waals surface area contributed by atoms with E-state index in [9.17, 15) is 24.3 Å². The number of ether oxygens (including phenoxy) is 2. The molecular formula is C56H61Br2Cl2N7O7. The van der Waals surface area contributed by atoms with E-state index in [1.807, 2.05) is 68.1 Å². The molecule has 0 spiro atoms. The molecule has 5 heterocycles. The van der Waals surface area contributed by atoms with Gasteiger partial charge in [-0.15, -0.1) is 0 Å². The average Bonchev–Trinajstić information content (AvgIpc) is 3.75. The van der Waals surface area contributed by atoms with Crippen molar-refractivity contribution in [3.8, 4) is 0 Å². The Kier molecular flexibility index (Phi) is 17.1. The summed E-state index contributed by atoms with van der Waals surface area (Å²) in [5, 5.41) is 14.4. The monoisotopic (exact) mass is 1170 g/mol. The molecule has 0 saturated carbocycles. The van der Waals surface area contributed by atoms with Crippen molar-refractivity contribution < 1.29 is 33.8 Å². The first-order valence-electron chi connectivity index (χ1n) is 24.9. The first kappa shape index (κ1) is 54.7. The second kappa shape index (κ2) is 23.1. The van der Waals surface area contributed by atoms with E-state index in [1.54, 1.807) is 44.4 Å². The minimum Gasteiger partial charge on any atom is -0.480 e. The lowest BCUT2D eigenvalue weighted by Crippen LogP contribution is -2.53. The third kappa shape index (κ3) is 13.3. The predicted molar refractivity (Wildman–Crippen MR) is 293 cm³/mol. The fraction of sp³-hybridized carbons (Fsp3) is 0.411. The summed E-state index contributed by atoms with van der Waals surface area (Å²) in [5.74, 6) is -1.24. The molecule has 3 amide bonds. The molecule has 390 valence electrons. The van der Waals surface area contributed by atoms with Crippen LogP contribution in [0.1, 0.15) is 118 Å².